The zero-order valence-electron chi connectivity index (χ0n) is 18.5. The van der Waals surface area contributed by atoms with Crippen molar-refractivity contribution in [1.29, 1.82) is 5.26 Å². The highest BCUT2D eigenvalue weighted by atomic mass is 32.2. The third-order valence-electron chi connectivity index (χ3n) is 5.52. The number of oxazole rings is 1. The number of hydrogen-bond acceptors (Lipinski definition) is 7. The van der Waals surface area contributed by atoms with E-state index in [0.717, 1.165) is 12.0 Å². The monoisotopic (exact) mass is 466 g/mol. The van der Waals surface area contributed by atoms with E-state index >= 15 is 0 Å². The van der Waals surface area contributed by atoms with E-state index in [9.17, 15) is 13.7 Å². The maximum atomic E-state index is 13.2. The Balaban J connectivity index is 1.48. The SMILES string of the molecule is CCOCCCNc1oc(-c2ccc(S(=O)(=O)N3CCc4ccccc4C3)cc2)nc1C#N. The van der Waals surface area contributed by atoms with E-state index in [2.05, 4.69) is 10.3 Å². The standard InChI is InChI=1S/C24H26N4O4S/c1-2-31-15-5-13-26-24-22(16-25)27-23(32-24)19-8-10-21(11-9-19)33(29,30)28-14-12-18-6-3-4-7-20(18)17-28/h3-4,6-11,26H,2,5,12-15,17H2,1H3. The molecule has 2 aromatic carbocycles. The summed E-state index contributed by atoms with van der Waals surface area (Å²) in [5, 5.41) is 12.4. The Morgan fingerprint density at radius 1 is 1.18 bits per heavy atom. The summed E-state index contributed by atoms with van der Waals surface area (Å²) in [7, 11) is -3.63. The van der Waals surface area contributed by atoms with Crippen molar-refractivity contribution in [2.24, 2.45) is 0 Å². The molecule has 0 saturated heterocycles. The summed E-state index contributed by atoms with van der Waals surface area (Å²) in [4.78, 5) is 4.45. The fraction of sp³-hybridized carbons (Fsp3) is 0.333. The van der Waals surface area contributed by atoms with Crippen LogP contribution in [-0.2, 0) is 27.7 Å². The Hall–Kier alpha value is -3.19. The van der Waals surface area contributed by atoms with Crippen molar-refractivity contribution in [2.45, 2.75) is 31.2 Å². The first kappa shape index (κ1) is 23.0. The molecule has 0 spiro atoms. The molecule has 0 unspecified atom stereocenters. The van der Waals surface area contributed by atoms with Crippen molar-refractivity contribution in [3.63, 3.8) is 0 Å². The average molecular weight is 467 g/mol. The van der Waals surface area contributed by atoms with Gasteiger partial charge in [-0.2, -0.15) is 14.6 Å². The van der Waals surface area contributed by atoms with Gasteiger partial charge in [-0.15, -0.1) is 0 Å². The lowest BCUT2D eigenvalue weighted by Crippen LogP contribution is -2.35. The lowest BCUT2D eigenvalue weighted by atomic mass is 10.0. The van der Waals surface area contributed by atoms with Crippen LogP contribution in [-0.4, -0.2) is 44.0 Å². The quantitative estimate of drug-likeness (QED) is 0.478. The fourth-order valence-electron chi connectivity index (χ4n) is 3.75. The lowest BCUT2D eigenvalue weighted by molar-refractivity contribution is 0.147. The van der Waals surface area contributed by atoms with Crippen molar-refractivity contribution in [3.05, 3.63) is 65.4 Å². The molecule has 0 amide bonds. The Bertz CT molecular complexity index is 1250. The van der Waals surface area contributed by atoms with Gasteiger partial charge in [-0.1, -0.05) is 24.3 Å². The van der Waals surface area contributed by atoms with Gasteiger partial charge in [0.2, 0.25) is 27.5 Å². The molecule has 0 radical (unpaired) electrons. The molecule has 1 aliphatic heterocycles. The molecule has 4 rings (SSSR count). The molecule has 0 saturated carbocycles. The zero-order chi connectivity index (χ0) is 23.3. The summed E-state index contributed by atoms with van der Waals surface area (Å²) in [6.07, 6.45) is 1.46. The molecule has 2 heterocycles. The van der Waals surface area contributed by atoms with Crippen LogP contribution in [0.2, 0.25) is 0 Å². The van der Waals surface area contributed by atoms with Gasteiger partial charge in [-0.25, -0.2) is 8.42 Å². The molecule has 0 aliphatic carbocycles. The molecule has 8 nitrogen and oxygen atoms in total. The van der Waals surface area contributed by atoms with E-state index in [1.165, 1.54) is 9.87 Å². The van der Waals surface area contributed by atoms with Crippen LogP contribution >= 0.6 is 0 Å². The normalized spacial score (nSPS) is 13.9. The summed E-state index contributed by atoms with van der Waals surface area (Å²) in [6, 6.07) is 16.3. The average Bonchev–Trinajstić information content (AvgIpc) is 3.27. The zero-order valence-corrected chi connectivity index (χ0v) is 19.3. The van der Waals surface area contributed by atoms with Crippen LogP contribution in [0.4, 0.5) is 5.88 Å². The molecule has 0 bridgehead atoms. The van der Waals surface area contributed by atoms with Gasteiger partial charge in [0.05, 0.1) is 4.90 Å². The number of rotatable bonds is 9. The maximum Gasteiger partial charge on any atom is 0.243 e. The molecular formula is C24H26N4O4S. The van der Waals surface area contributed by atoms with Gasteiger partial charge in [0.25, 0.3) is 0 Å². The van der Waals surface area contributed by atoms with Gasteiger partial charge in [-0.05, 0) is 55.2 Å². The van der Waals surface area contributed by atoms with Crippen molar-refractivity contribution in [1.82, 2.24) is 9.29 Å². The Labute approximate surface area is 193 Å². The number of sulfonamides is 1. The number of aromatic nitrogens is 1. The highest BCUT2D eigenvalue weighted by Crippen LogP contribution is 2.29. The smallest absolute Gasteiger partial charge is 0.243 e. The number of anilines is 1. The van der Waals surface area contributed by atoms with E-state index in [1.54, 1.807) is 24.3 Å². The van der Waals surface area contributed by atoms with Gasteiger partial charge < -0.3 is 14.5 Å². The van der Waals surface area contributed by atoms with Crippen LogP contribution in [0.15, 0.2) is 57.8 Å². The Morgan fingerprint density at radius 3 is 2.67 bits per heavy atom. The van der Waals surface area contributed by atoms with Crippen LogP contribution in [0, 0.1) is 11.3 Å². The Kier molecular flexibility index (Phi) is 7.08. The van der Waals surface area contributed by atoms with Gasteiger partial charge in [0.1, 0.15) is 6.07 Å². The minimum Gasteiger partial charge on any atom is -0.419 e. The summed E-state index contributed by atoms with van der Waals surface area (Å²) in [5.41, 5.74) is 2.98. The Morgan fingerprint density at radius 2 is 1.94 bits per heavy atom. The number of benzene rings is 2. The fourth-order valence-corrected chi connectivity index (χ4v) is 5.17. The minimum absolute atomic E-state index is 0.157. The molecule has 172 valence electrons. The number of nitriles is 1. The van der Waals surface area contributed by atoms with Crippen LogP contribution in [0.5, 0.6) is 0 Å². The number of nitrogens with zero attached hydrogens (tertiary/aromatic N) is 3. The second-order valence-corrected chi connectivity index (χ2v) is 9.61. The third kappa shape index (κ3) is 5.09. The van der Waals surface area contributed by atoms with E-state index in [0.29, 0.717) is 50.7 Å². The van der Waals surface area contributed by atoms with E-state index in [4.69, 9.17) is 9.15 Å². The summed E-state index contributed by atoms with van der Waals surface area (Å²) < 4.78 is 38.9. The first-order valence-electron chi connectivity index (χ1n) is 10.9. The van der Waals surface area contributed by atoms with Crippen LogP contribution in [0.25, 0.3) is 11.5 Å². The van der Waals surface area contributed by atoms with E-state index in [1.807, 2.05) is 37.3 Å². The number of hydrogen-bond donors (Lipinski definition) is 1. The number of fused-ring (bicyclic) bond motifs is 1. The third-order valence-corrected chi connectivity index (χ3v) is 7.38. The molecule has 9 heteroatoms. The van der Waals surface area contributed by atoms with Crippen LogP contribution in [0.3, 0.4) is 0 Å². The molecule has 0 atom stereocenters. The first-order valence-corrected chi connectivity index (χ1v) is 12.4. The number of ether oxygens (including phenoxy) is 1. The van der Waals surface area contributed by atoms with Crippen molar-refractivity contribution in [2.75, 3.05) is 31.6 Å². The van der Waals surface area contributed by atoms with Crippen LogP contribution < -0.4 is 5.32 Å². The predicted octanol–water partition coefficient (Wildman–Crippen LogP) is 3.80. The highest BCUT2D eigenvalue weighted by Gasteiger charge is 2.28. The number of nitrogens with one attached hydrogen (secondary N) is 1. The minimum atomic E-state index is -3.63. The molecular weight excluding hydrogens is 440 g/mol. The van der Waals surface area contributed by atoms with Gasteiger partial charge in [0.15, 0.2) is 0 Å². The molecule has 33 heavy (non-hydrogen) atoms. The van der Waals surface area contributed by atoms with Crippen LogP contribution in [0.1, 0.15) is 30.2 Å². The first-order chi connectivity index (χ1) is 16.0. The lowest BCUT2D eigenvalue weighted by Gasteiger charge is -2.28. The maximum absolute atomic E-state index is 13.2. The molecule has 1 aliphatic rings. The molecule has 1 N–H and O–H groups in total. The summed E-state index contributed by atoms with van der Waals surface area (Å²) in [5.74, 6) is 0.558. The van der Waals surface area contributed by atoms with Gasteiger partial charge >= 0.3 is 0 Å². The largest absolute Gasteiger partial charge is 0.419 e. The van der Waals surface area contributed by atoms with E-state index in [-0.39, 0.29) is 16.5 Å². The molecule has 1 aromatic heterocycles. The van der Waals surface area contributed by atoms with Crippen molar-refractivity contribution < 1.29 is 17.6 Å². The second kappa shape index (κ2) is 10.2. The predicted molar refractivity (Wildman–Crippen MR) is 124 cm³/mol. The van der Waals surface area contributed by atoms with Gasteiger partial charge in [-0.3, -0.25) is 0 Å². The highest BCUT2D eigenvalue weighted by molar-refractivity contribution is 7.89. The van der Waals surface area contributed by atoms with E-state index < -0.39 is 10.0 Å². The van der Waals surface area contributed by atoms with Crippen molar-refractivity contribution >= 4 is 15.9 Å². The molecule has 0 fully saturated rings. The topological polar surface area (TPSA) is 108 Å². The molecule has 3 aromatic rings. The second-order valence-electron chi connectivity index (χ2n) is 7.67. The van der Waals surface area contributed by atoms with Crippen molar-refractivity contribution in [3.8, 4) is 17.5 Å². The van der Waals surface area contributed by atoms with Gasteiger partial charge in [0, 0.05) is 38.4 Å². The summed E-state index contributed by atoms with van der Waals surface area (Å²) in [6.45, 7) is 4.61. The summed E-state index contributed by atoms with van der Waals surface area (Å²) >= 11 is 0.